The Bertz CT molecular complexity index is 1130. The molecule has 0 radical (unpaired) electrons. The van der Waals surface area contributed by atoms with Gasteiger partial charge in [0.1, 0.15) is 17.4 Å². The summed E-state index contributed by atoms with van der Waals surface area (Å²) in [6.45, 7) is 0. The molecule has 0 saturated heterocycles. The number of carbonyl (C=O) groups is 1. The van der Waals surface area contributed by atoms with Gasteiger partial charge >= 0.3 is 0 Å². The van der Waals surface area contributed by atoms with E-state index in [1.807, 2.05) is 0 Å². The Morgan fingerprint density at radius 1 is 1.12 bits per heavy atom. The number of carbonyl (C=O) groups excluding carboxylic acids is 1. The second-order valence-electron chi connectivity index (χ2n) is 5.27. The molecule has 1 heterocycles. The van der Waals surface area contributed by atoms with Crippen LogP contribution in [0.5, 0.6) is 0 Å². The molecule has 0 aliphatic rings. The molecule has 3 aromatic rings. The second-order valence-corrected chi connectivity index (χ2v) is 8.27. The molecule has 2 aromatic carbocycles. The first-order valence-electron chi connectivity index (χ1n) is 7.07. The van der Waals surface area contributed by atoms with Gasteiger partial charge in [0.25, 0.3) is 5.91 Å². The highest BCUT2D eigenvalue weighted by atomic mass is 32.2. The Morgan fingerprint density at radius 2 is 1.76 bits per heavy atom. The summed E-state index contributed by atoms with van der Waals surface area (Å²) >= 11 is 1.08. The SMILES string of the molecule is Cn1c(=NC(=O)CS(=O)(=O)c2ccc(F)cc2)sc2cc(F)ccc21. The standard InChI is InChI=1S/C16H12F2N2O3S2/c1-20-13-7-4-11(18)8-14(13)24-16(20)19-15(21)9-25(22,23)12-5-2-10(17)3-6-12/h2-8H,9H2,1H3. The van der Waals surface area contributed by atoms with Crippen molar-refractivity contribution in [3.8, 4) is 0 Å². The van der Waals surface area contributed by atoms with Crippen LogP contribution in [0.1, 0.15) is 0 Å². The van der Waals surface area contributed by atoms with Crippen LogP contribution in [0.25, 0.3) is 10.2 Å². The molecule has 130 valence electrons. The van der Waals surface area contributed by atoms with E-state index in [1.165, 1.54) is 12.1 Å². The number of benzene rings is 2. The average Bonchev–Trinajstić information content (AvgIpc) is 2.82. The van der Waals surface area contributed by atoms with Crippen molar-refractivity contribution in [3.63, 3.8) is 0 Å². The first-order valence-corrected chi connectivity index (χ1v) is 9.54. The minimum absolute atomic E-state index is 0.153. The average molecular weight is 382 g/mol. The zero-order chi connectivity index (χ0) is 18.2. The van der Waals surface area contributed by atoms with E-state index in [1.54, 1.807) is 17.7 Å². The van der Waals surface area contributed by atoms with Crippen molar-refractivity contribution in [1.82, 2.24) is 4.57 Å². The van der Waals surface area contributed by atoms with Gasteiger partial charge in [-0.1, -0.05) is 11.3 Å². The Hall–Kier alpha value is -2.39. The third kappa shape index (κ3) is 3.67. The van der Waals surface area contributed by atoms with Crippen LogP contribution in [0.15, 0.2) is 52.4 Å². The summed E-state index contributed by atoms with van der Waals surface area (Å²) in [4.78, 5) is 16.0. The number of fused-ring (bicyclic) bond motifs is 1. The van der Waals surface area contributed by atoms with E-state index in [0.29, 0.717) is 10.2 Å². The topological polar surface area (TPSA) is 68.5 Å². The quantitative estimate of drug-likeness (QED) is 0.654. The van der Waals surface area contributed by atoms with Gasteiger partial charge in [-0.3, -0.25) is 4.79 Å². The maximum Gasteiger partial charge on any atom is 0.263 e. The van der Waals surface area contributed by atoms with E-state index in [0.717, 1.165) is 35.6 Å². The highest BCUT2D eigenvalue weighted by Gasteiger charge is 2.19. The Morgan fingerprint density at radius 3 is 2.44 bits per heavy atom. The maximum absolute atomic E-state index is 13.3. The summed E-state index contributed by atoms with van der Waals surface area (Å²) in [6.07, 6.45) is 0. The van der Waals surface area contributed by atoms with Gasteiger partial charge in [0, 0.05) is 7.05 Å². The normalized spacial score (nSPS) is 12.7. The number of aryl methyl sites for hydroxylation is 1. The van der Waals surface area contributed by atoms with Crippen LogP contribution in [0.2, 0.25) is 0 Å². The molecule has 0 aliphatic carbocycles. The highest BCUT2D eigenvalue weighted by molar-refractivity contribution is 7.92. The molecular weight excluding hydrogens is 370 g/mol. The number of rotatable bonds is 3. The summed E-state index contributed by atoms with van der Waals surface area (Å²) in [5.41, 5.74) is 0.680. The Kier molecular flexibility index (Phi) is 4.53. The van der Waals surface area contributed by atoms with Gasteiger partial charge in [0.2, 0.25) is 0 Å². The van der Waals surface area contributed by atoms with Crippen molar-refractivity contribution in [2.24, 2.45) is 12.0 Å². The second kappa shape index (κ2) is 6.49. The van der Waals surface area contributed by atoms with Crippen molar-refractivity contribution in [1.29, 1.82) is 0 Å². The van der Waals surface area contributed by atoms with Gasteiger partial charge in [-0.05, 0) is 42.5 Å². The number of amides is 1. The molecular formula is C16H12F2N2O3S2. The van der Waals surface area contributed by atoms with Gasteiger partial charge < -0.3 is 4.57 Å². The summed E-state index contributed by atoms with van der Waals surface area (Å²) in [5, 5.41) is 0. The molecule has 0 spiro atoms. The number of halogens is 2. The Labute approximate surface area is 145 Å². The maximum atomic E-state index is 13.3. The van der Waals surface area contributed by atoms with E-state index in [-0.39, 0.29) is 9.70 Å². The van der Waals surface area contributed by atoms with Crippen molar-refractivity contribution in [2.45, 2.75) is 4.90 Å². The summed E-state index contributed by atoms with van der Waals surface area (Å²) in [6, 6.07) is 8.38. The van der Waals surface area contributed by atoms with Gasteiger partial charge in [-0.15, -0.1) is 0 Å². The Balaban J connectivity index is 1.93. The lowest BCUT2D eigenvalue weighted by atomic mass is 10.3. The summed E-state index contributed by atoms with van der Waals surface area (Å²) in [7, 11) is -2.27. The molecule has 0 N–H and O–H groups in total. The third-order valence-corrected chi connectivity index (χ3v) is 6.19. The first kappa shape index (κ1) is 17.4. The predicted octanol–water partition coefficient (Wildman–Crippen LogP) is 2.42. The fourth-order valence-corrected chi connectivity index (χ4v) is 4.41. The zero-order valence-electron chi connectivity index (χ0n) is 12.9. The zero-order valence-corrected chi connectivity index (χ0v) is 14.6. The van der Waals surface area contributed by atoms with Crippen LogP contribution in [0.4, 0.5) is 8.78 Å². The fourth-order valence-electron chi connectivity index (χ4n) is 2.24. The number of aromatic nitrogens is 1. The van der Waals surface area contributed by atoms with E-state index < -0.39 is 33.1 Å². The van der Waals surface area contributed by atoms with Gasteiger partial charge in [-0.25, -0.2) is 17.2 Å². The van der Waals surface area contributed by atoms with Crippen molar-refractivity contribution < 1.29 is 22.0 Å². The minimum Gasteiger partial charge on any atom is -0.319 e. The van der Waals surface area contributed by atoms with E-state index in [2.05, 4.69) is 4.99 Å². The van der Waals surface area contributed by atoms with Crippen LogP contribution in [-0.2, 0) is 21.7 Å². The number of hydrogen-bond donors (Lipinski definition) is 0. The molecule has 9 heteroatoms. The van der Waals surface area contributed by atoms with Gasteiger partial charge in [0.15, 0.2) is 14.6 Å². The van der Waals surface area contributed by atoms with Gasteiger partial charge in [-0.2, -0.15) is 4.99 Å². The number of sulfone groups is 1. The first-order chi connectivity index (χ1) is 11.8. The molecule has 0 atom stereocenters. The van der Waals surface area contributed by atoms with Crippen LogP contribution in [0, 0.1) is 11.6 Å². The lowest BCUT2D eigenvalue weighted by Crippen LogP contribution is -2.19. The van der Waals surface area contributed by atoms with Crippen LogP contribution in [-0.4, -0.2) is 24.6 Å². The monoisotopic (exact) mass is 382 g/mol. The molecule has 25 heavy (non-hydrogen) atoms. The van der Waals surface area contributed by atoms with Crippen LogP contribution >= 0.6 is 11.3 Å². The van der Waals surface area contributed by atoms with E-state index in [9.17, 15) is 22.0 Å². The van der Waals surface area contributed by atoms with E-state index in [4.69, 9.17) is 0 Å². The summed E-state index contributed by atoms with van der Waals surface area (Å²) < 4.78 is 52.7. The molecule has 1 aromatic heterocycles. The third-order valence-electron chi connectivity index (χ3n) is 3.48. The van der Waals surface area contributed by atoms with Crippen molar-refractivity contribution in [3.05, 3.63) is 58.9 Å². The number of hydrogen-bond acceptors (Lipinski definition) is 4. The fraction of sp³-hybridized carbons (Fsp3) is 0.125. The number of thiazole rings is 1. The molecule has 0 bridgehead atoms. The van der Waals surface area contributed by atoms with Crippen molar-refractivity contribution in [2.75, 3.05) is 5.75 Å². The lowest BCUT2D eigenvalue weighted by molar-refractivity contribution is -0.115. The van der Waals surface area contributed by atoms with Crippen LogP contribution in [0.3, 0.4) is 0 Å². The minimum atomic E-state index is -3.92. The lowest BCUT2D eigenvalue weighted by Gasteiger charge is -2.01. The molecule has 0 fully saturated rings. The molecule has 3 rings (SSSR count). The highest BCUT2D eigenvalue weighted by Crippen LogP contribution is 2.17. The van der Waals surface area contributed by atoms with E-state index >= 15 is 0 Å². The van der Waals surface area contributed by atoms with Crippen LogP contribution < -0.4 is 4.80 Å². The molecule has 5 nitrogen and oxygen atoms in total. The number of nitrogens with zero attached hydrogens (tertiary/aromatic N) is 2. The molecule has 0 unspecified atom stereocenters. The smallest absolute Gasteiger partial charge is 0.263 e. The summed E-state index contributed by atoms with van der Waals surface area (Å²) in [5.74, 6) is -2.67. The molecule has 0 aliphatic heterocycles. The van der Waals surface area contributed by atoms with Gasteiger partial charge in [0.05, 0.1) is 15.1 Å². The van der Waals surface area contributed by atoms with Crippen molar-refractivity contribution >= 4 is 37.3 Å². The largest absolute Gasteiger partial charge is 0.319 e. The molecule has 0 saturated carbocycles. The predicted molar refractivity (Wildman–Crippen MR) is 89.8 cm³/mol. The molecule has 1 amide bonds.